The summed E-state index contributed by atoms with van der Waals surface area (Å²) in [6.07, 6.45) is 2.75. The second kappa shape index (κ2) is 5.98. The Morgan fingerprint density at radius 3 is 3.06 bits per heavy atom. The van der Waals surface area contributed by atoms with Gasteiger partial charge in [0.05, 0.1) is 24.2 Å². The van der Waals surface area contributed by atoms with Crippen LogP contribution < -0.4 is 0 Å². The van der Waals surface area contributed by atoms with Gasteiger partial charge in [0.15, 0.2) is 4.77 Å². The molecule has 0 radical (unpaired) electrons. The van der Waals surface area contributed by atoms with E-state index in [1.54, 1.807) is 0 Å². The third kappa shape index (κ3) is 2.89. The van der Waals surface area contributed by atoms with E-state index in [0.717, 1.165) is 35.4 Å². The molecule has 0 bridgehead atoms. The summed E-state index contributed by atoms with van der Waals surface area (Å²) >= 11 is 5.33. The smallest absolute Gasteiger partial charge is 0.178 e. The summed E-state index contributed by atoms with van der Waals surface area (Å²) in [7, 11) is 0. The number of benzene rings is 1. The van der Waals surface area contributed by atoms with Crippen LogP contribution in [0.3, 0.4) is 0 Å². The summed E-state index contributed by atoms with van der Waals surface area (Å²) in [4.78, 5) is 3.21. The van der Waals surface area contributed by atoms with Crippen molar-refractivity contribution in [2.24, 2.45) is 0 Å². The Morgan fingerprint density at radius 1 is 1.44 bits per heavy atom. The second-order valence-electron chi connectivity index (χ2n) is 4.29. The monoisotopic (exact) mass is 262 g/mol. The highest BCUT2D eigenvalue weighted by molar-refractivity contribution is 7.71. The van der Waals surface area contributed by atoms with Gasteiger partial charge >= 0.3 is 0 Å². The van der Waals surface area contributed by atoms with Gasteiger partial charge in [-0.15, -0.1) is 6.58 Å². The molecule has 2 rings (SSSR count). The van der Waals surface area contributed by atoms with Crippen molar-refractivity contribution in [2.75, 3.05) is 13.2 Å². The zero-order valence-corrected chi connectivity index (χ0v) is 11.4. The van der Waals surface area contributed by atoms with Gasteiger partial charge < -0.3 is 14.3 Å². The normalized spacial score (nSPS) is 10.9. The molecule has 0 aliphatic heterocycles. The maximum Gasteiger partial charge on any atom is 0.178 e. The molecule has 0 unspecified atom stereocenters. The first-order valence-corrected chi connectivity index (χ1v) is 6.51. The zero-order valence-electron chi connectivity index (χ0n) is 10.6. The van der Waals surface area contributed by atoms with Crippen molar-refractivity contribution in [1.82, 2.24) is 9.55 Å². The molecule has 18 heavy (non-hydrogen) atoms. The number of hydrogen-bond donors (Lipinski definition) is 1. The number of aryl methyl sites for hydroxylation is 1. The highest BCUT2D eigenvalue weighted by Crippen LogP contribution is 2.15. The molecule has 0 atom stereocenters. The van der Waals surface area contributed by atoms with Gasteiger partial charge in [-0.05, 0) is 43.3 Å². The fraction of sp³-hybridized carbons (Fsp3) is 0.357. The molecule has 96 valence electrons. The van der Waals surface area contributed by atoms with E-state index in [0.29, 0.717) is 6.61 Å². The zero-order chi connectivity index (χ0) is 13.0. The van der Waals surface area contributed by atoms with Crippen molar-refractivity contribution >= 4 is 23.3 Å². The average Bonchev–Trinajstić information content (AvgIpc) is 2.65. The molecular formula is C14H18N2OS. The van der Waals surface area contributed by atoms with E-state index in [1.807, 2.05) is 6.08 Å². The summed E-state index contributed by atoms with van der Waals surface area (Å²) in [5.74, 6) is 0. The van der Waals surface area contributed by atoms with E-state index in [9.17, 15) is 0 Å². The first kappa shape index (κ1) is 13.1. The number of imidazole rings is 1. The molecule has 0 fully saturated rings. The Hall–Kier alpha value is -1.39. The lowest BCUT2D eigenvalue weighted by molar-refractivity contribution is 0.131. The van der Waals surface area contributed by atoms with Gasteiger partial charge in [0.2, 0.25) is 0 Å². The van der Waals surface area contributed by atoms with Crippen LogP contribution in [0.5, 0.6) is 0 Å². The van der Waals surface area contributed by atoms with Gasteiger partial charge in [-0.25, -0.2) is 0 Å². The average molecular weight is 262 g/mol. The fourth-order valence-electron chi connectivity index (χ4n) is 1.91. The highest BCUT2D eigenvalue weighted by Gasteiger charge is 2.04. The van der Waals surface area contributed by atoms with Crippen LogP contribution in [0, 0.1) is 11.7 Å². The van der Waals surface area contributed by atoms with Crippen molar-refractivity contribution in [2.45, 2.75) is 19.9 Å². The minimum atomic E-state index is 0.670. The van der Waals surface area contributed by atoms with Gasteiger partial charge in [-0.2, -0.15) is 0 Å². The Balaban J connectivity index is 2.12. The van der Waals surface area contributed by atoms with Crippen LogP contribution in [0.2, 0.25) is 0 Å². The first-order valence-electron chi connectivity index (χ1n) is 6.10. The lowest BCUT2D eigenvalue weighted by atomic mass is 10.2. The molecule has 2 aromatic rings. The molecular weight excluding hydrogens is 244 g/mol. The molecule has 1 aromatic carbocycles. The first-order chi connectivity index (χ1) is 8.72. The van der Waals surface area contributed by atoms with Crippen molar-refractivity contribution in [3.8, 4) is 0 Å². The lowest BCUT2D eigenvalue weighted by Gasteiger charge is -2.05. The molecule has 3 nitrogen and oxygen atoms in total. The van der Waals surface area contributed by atoms with Crippen LogP contribution in [0.15, 0.2) is 30.9 Å². The maximum atomic E-state index is 5.53. The van der Waals surface area contributed by atoms with Gasteiger partial charge in [-0.3, -0.25) is 0 Å². The van der Waals surface area contributed by atoms with E-state index >= 15 is 0 Å². The molecule has 0 amide bonds. The topological polar surface area (TPSA) is 29.9 Å². The summed E-state index contributed by atoms with van der Waals surface area (Å²) in [5.41, 5.74) is 3.46. The predicted molar refractivity (Wildman–Crippen MR) is 77.5 cm³/mol. The van der Waals surface area contributed by atoms with Crippen LogP contribution in [0.4, 0.5) is 0 Å². The van der Waals surface area contributed by atoms with Gasteiger partial charge in [0.1, 0.15) is 0 Å². The van der Waals surface area contributed by atoms with Crippen molar-refractivity contribution in [3.05, 3.63) is 41.2 Å². The molecule has 1 aromatic heterocycles. The molecule has 1 heterocycles. The Bertz CT molecular complexity index is 597. The molecule has 0 spiro atoms. The van der Waals surface area contributed by atoms with Gasteiger partial charge in [0, 0.05) is 6.54 Å². The number of H-pyrrole nitrogens is 1. The minimum absolute atomic E-state index is 0.670. The number of hydrogen-bond acceptors (Lipinski definition) is 2. The summed E-state index contributed by atoms with van der Waals surface area (Å²) in [6.45, 7) is 7.92. The summed E-state index contributed by atoms with van der Waals surface area (Å²) in [5, 5.41) is 0. The van der Waals surface area contributed by atoms with Crippen molar-refractivity contribution < 1.29 is 4.74 Å². The summed E-state index contributed by atoms with van der Waals surface area (Å²) < 4.78 is 8.37. The molecule has 0 aliphatic carbocycles. The predicted octanol–water partition coefficient (Wildman–Crippen LogP) is 3.60. The van der Waals surface area contributed by atoms with E-state index in [-0.39, 0.29) is 0 Å². The molecule has 0 saturated heterocycles. The van der Waals surface area contributed by atoms with Crippen LogP contribution in [0.25, 0.3) is 11.0 Å². The number of fused-ring (bicyclic) bond motifs is 1. The third-order valence-electron chi connectivity index (χ3n) is 2.86. The van der Waals surface area contributed by atoms with Crippen LogP contribution in [-0.4, -0.2) is 22.8 Å². The van der Waals surface area contributed by atoms with Gasteiger partial charge in [-0.1, -0.05) is 12.1 Å². The maximum absolute atomic E-state index is 5.53. The van der Waals surface area contributed by atoms with Crippen molar-refractivity contribution in [3.63, 3.8) is 0 Å². The number of nitrogens with one attached hydrogen (secondary N) is 1. The fourth-order valence-corrected chi connectivity index (χ4v) is 2.21. The number of rotatable bonds is 6. The van der Waals surface area contributed by atoms with E-state index in [4.69, 9.17) is 17.0 Å². The van der Waals surface area contributed by atoms with Crippen LogP contribution in [-0.2, 0) is 11.3 Å². The van der Waals surface area contributed by atoms with Crippen LogP contribution >= 0.6 is 12.2 Å². The molecule has 4 heteroatoms. The van der Waals surface area contributed by atoms with Gasteiger partial charge in [0.25, 0.3) is 0 Å². The number of aromatic amines is 1. The third-order valence-corrected chi connectivity index (χ3v) is 3.18. The van der Waals surface area contributed by atoms with E-state index < -0.39 is 0 Å². The Labute approximate surface area is 112 Å². The standard InChI is InChI=1S/C14H18N2OS/c1-3-4-8-17-9-7-16-13-10-11(2)5-6-12(13)15-14(16)18/h3,5-6,10H,1,4,7-9H2,2H3,(H,15,18). The highest BCUT2D eigenvalue weighted by atomic mass is 32.1. The molecule has 1 N–H and O–H groups in total. The SMILES string of the molecule is C=CCCOCCn1c(=S)[nH]c2ccc(C)cc21. The number of nitrogens with zero attached hydrogens (tertiary/aromatic N) is 1. The largest absolute Gasteiger partial charge is 0.379 e. The second-order valence-corrected chi connectivity index (χ2v) is 4.68. The summed E-state index contributed by atoms with van der Waals surface area (Å²) in [6, 6.07) is 6.29. The minimum Gasteiger partial charge on any atom is -0.379 e. The number of aromatic nitrogens is 2. The van der Waals surface area contributed by atoms with Crippen molar-refractivity contribution in [1.29, 1.82) is 0 Å². The molecule has 0 aliphatic rings. The Kier molecular flexibility index (Phi) is 4.33. The van der Waals surface area contributed by atoms with Crippen LogP contribution in [0.1, 0.15) is 12.0 Å². The number of ether oxygens (including phenoxy) is 1. The van der Waals surface area contributed by atoms with E-state index in [2.05, 4.69) is 41.3 Å². The molecule has 0 saturated carbocycles. The van der Waals surface area contributed by atoms with E-state index in [1.165, 1.54) is 5.56 Å². The lowest BCUT2D eigenvalue weighted by Crippen LogP contribution is -2.06. The quantitative estimate of drug-likeness (QED) is 0.490. The Morgan fingerprint density at radius 2 is 2.28 bits per heavy atom.